The van der Waals surface area contributed by atoms with Gasteiger partial charge < -0.3 is 19.9 Å². The maximum Gasteiger partial charge on any atom is 0.352 e. The summed E-state index contributed by atoms with van der Waals surface area (Å²) in [6.45, 7) is 2.47. The number of carboxylic acid groups (broad SMARTS) is 1. The number of carboxylic acids is 1. The average Bonchev–Trinajstić information content (AvgIpc) is 2.90. The summed E-state index contributed by atoms with van der Waals surface area (Å²) in [4.78, 5) is 10.8. The number of aliphatic hydroxyl groups is 2. The van der Waals surface area contributed by atoms with E-state index in [1.54, 1.807) is 13.8 Å². The summed E-state index contributed by atoms with van der Waals surface area (Å²) in [7, 11) is -4.05. The predicted octanol–water partition coefficient (Wildman–Crippen LogP) is -0.382. The molecule has 0 atom stereocenters. The second-order valence-corrected chi connectivity index (χ2v) is 6.39. The first-order valence-corrected chi connectivity index (χ1v) is 7.92. The Hall–Kier alpha value is -1.42. The minimum atomic E-state index is -4.05. The average molecular weight is 320 g/mol. The first kappa shape index (κ1) is 17.6. The number of aliphatic hydroxyl groups excluding tert-OH is 2. The highest BCUT2D eigenvalue weighted by Gasteiger charge is 2.33. The molecule has 1 aromatic heterocycles. The molecule has 0 aliphatic heterocycles. The van der Waals surface area contributed by atoms with Crippen molar-refractivity contribution in [1.29, 1.82) is 0 Å². The molecule has 0 spiro atoms. The molecule has 0 radical (unpaired) electrons. The smallest absolute Gasteiger partial charge is 0.352 e. The monoisotopic (exact) mass is 320 g/mol. The summed E-state index contributed by atoms with van der Waals surface area (Å²) in [5, 5.41) is 27.6. The van der Waals surface area contributed by atoms with Gasteiger partial charge in [-0.25, -0.2) is 17.9 Å². The van der Waals surface area contributed by atoms with Crippen LogP contribution in [0, 0.1) is 0 Å². The van der Waals surface area contributed by atoms with E-state index in [-0.39, 0.29) is 17.0 Å². The molecule has 9 heteroatoms. The topological polar surface area (TPSA) is 129 Å². The van der Waals surface area contributed by atoms with Gasteiger partial charge in [-0.15, -0.1) is 0 Å². The number of nitrogens with one attached hydrogen (secondary N) is 1. The van der Waals surface area contributed by atoms with Crippen molar-refractivity contribution in [2.75, 3.05) is 13.2 Å². The molecule has 4 N–H and O–H groups in total. The van der Waals surface area contributed by atoms with E-state index in [1.807, 2.05) is 0 Å². The minimum Gasteiger partial charge on any atom is -0.477 e. The molecule has 0 amide bonds. The normalized spacial score (nSPS) is 12.6. The Morgan fingerprint density at radius 2 is 1.90 bits per heavy atom. The second-order valence-electron chi connectivity index (χ2n) is 4.71. The third kappa shape index (κ3) is 3.62. The SMILES string of the molecule is CCn1cc(S(=O)(=O)NC(CC)(CO)CO)cc1C(=O)O. The molecule has 0 bridgehead atoms. The minimum absolute atomic E-state index is 0.145. The number of hydrogen-bond donors (Lipinski definition) is 4. The van der Waals surface area contributed by atoms with Crippen molar-refractivity contribution in [2.24, 2.45) is 0 Å². The van der Waals surface area contributed by atoms with Crippen LogP contribution in [0.4, 0.5) is 0 Å². The maximum absolute atomic E-state index is 12.3. The lowest BCUT2D eigenvalue weighted by Gasteiger charge is -2.28. The fourth-order valence-corrected chi connectivity index (χ4v) is 3.32. The van der Waals surface area contributed by atoms with Crippen molar-refractivity contribution in [3.63, 3.8) is 0 Å². The van der Waals surface area contributed by atoms with Crippen LogP contribution in [0.5, 0.6) is 0 Å². The zero-order valence-corrected chi connectivity index (χ0v) is 12.7. The summed E-state index contributed by atoms with van der Waals surface area (Å²) in [6.07, 6.45) is 1.39. The third-order valence-electron chi connectivity index (χ3n) is 3.37. The van der Waals surface area contributed by atoms with Gasteiger partial charge in [-0.3, -0.25) is 0 Å². The number of aryl methyl sites for hydroxylation is 1. The highest BCUT2D eigenvalue weighted by Crippen LogP contribution is 2.19. The number of rotatable bonds is 8. The van der Waals surface area contributed by atoms with E-state index < -0.39 is 34.7 Å². The lowest BCUT2D eigenvalue weighted by atomic mass is 10.0. The van der Waals surface area contributed by atoms with Crippen LogP contribution in [0.25, 0.3) is 0 Å². The van der Waals surface area contributed by atoms with E-state index in [1.165, 1.54) is 10.8 Å². The molecule has 0 saturated carbocycles. The quantitative estimate of drug-likeness (QED) is 0.517. The summed E-state index contributed by atoms with van der Waals surface area (Å²) in [6, 6.07) is 1.04. The van der Waals surface area contributed by atoms with Crippen LogP contribution in [-0.2, 0) is 16.6 Å². The largest absolute Gasteiger partial charge is 0.477 e. The molecule has 21 heavy (non-hydrogen) atoms. The third-order valence-corrected chi connectivity index (χ3v) is 4.92. The number of hydrogen-bond acceptors (Lipinski definition) is 5. The molecule has 120 valence electrons. The van der Waals surface area contributed by atoms with Crippen LogP contribution >= 0.6 is 0 Å². The molecule has 1 heterocycles. The highest BCUT2D eigenvalue weighted by atomic mass is 32.2. The number of aromatic nitrogens is 1. The van der Waals surface area contributed by atoms with Crippen molar-refractivity contribution >= 4 is 16.0 Å². The Labute approximate surface area is 123 Å². The van der Waals surface area contributed by atoms with Crippen LogP contribution in [0.15, 0.2) is 17.2 Å². The van der Waals surface area contributed by atoms with Gasteiger partial charge in [-0.05, 0) is 19.4 Å². The summed E-state index contributed by atoms with van der Waals surface area (Å²) in [5.41, 5.74) is -1.52. The standard InChI is InChI=1S/C12H20N2O6S/c1-3-12(7-15,8-16)13-21(19,20)9-5-10(11(17)18)14(4-2)6-9/h5-6,13,15-16H,3-4,7-8H2,1-2H3,(H,17,18). The molecular formula is C12H20N2O6S. The Balaban J connectivity index is 3.23. The number of aromatic carboxylic acids is 1. The predicted molar refractivity (Wildman–Crippen MR) is 74.6 cm³/mol. The van der Waals surface area contributed by atoms with Gasteiger partial charge in [0.15, 0.2) is 0 Å². The molecule has 0 aliphatic carbocycles. The van der Waals surface area contributed by atoms with Crippen molar-refractivity contribution in [2.45, 2.75) is 37.2 Å². The summed E-state index contributed by atoms with van der Waals surface area (Å²) >= 11 is 0. The zero-order chi connectivity index (χ0) is 16.3. The van der Waals surface area contributed by atoms with E-state index >= 15 is 0 Å². The summed E-state index contributed by atoms with van der Waals surface area (Å²) < 4.78 is 28.1. The van der Waals surface area contributed by atoms with Crippen molar-refractivity contribution < 1.29 is 28.5 Å². The van der Waals surface area contributed by atoms with Crippen LogP contribution in [-0.4, -0.2) is 53.0 Å². The number of sulfonamides is 1. The zero-order valence-electron chi connectivity index (χ0n) is 11.9. The molecule has 1 aromatic rings. The Kier molecular flexibility index (Phi) is 5.51. The molecular weight excluding hydrogens is 300 g/mol. The molecule has 0 saturated heterocycles. The highest BCUT2D eigenvalue weighted by molar-refractivity contribution is 7.89. The number of nitrogens with zero attached hydrogens (tertiary/aromatic N) is 1. The molecule has 8 nitrogen and oxygen atoms in total. The van der Waals surface area contributed by atoms with Gasteiger partial charge >= 0.3 is 5.97 Å². The second kappa shape index (κ2) is 6.56. The van der Waals surface area contributed by atoms with Gasteiger partial charge in [-0.2, -0.15) is 0 Å². The van der Waals surface area contributed by atoms with Crippen molar-refractivity contribution in [1.82, 2.24) is 9.29 Å². The van der Waals surface area contributed by atoms with Gasteiger partial charge in [0.2, 0.25) is 10.0 Å². The van der Waals surface area contributed by atoms with Crippen molar-refractivity contribution in [3.8, 4) is 0 Å². The molecule has 1 rings (SSSR count). The van der Waals surface area contributed by atoms with Gasteiger partial charge in [0, 0.05) is 12.7 Å². The first-order valence-electron chi connectivity index (χ1n) is 6.44. The van der Waals surface area contributed by atoms with E-state index in [2.05, 4.69) is 4.72 Å². The Morgan fingerprint density at radius 1 is 1.33 bits per heavy atom. The van der Waals surface area contributed by atoms with Crippen LogP contribution in [0.2, 0.25) is 0 Å². The summed E-state index contributed by atoms with van der Waals surface area (Å²) in [5.74, 6) is -1.23. The molecule has 0 fully saturated rings. The van der Waals surface area contributed by atoms with E-state index in [0.29, 0.717) is 6.54 Å². The Bertz CT molecular complexity index is 595. The van der Waals surface area contributed by atoms with Crippen LogP contribution in [0.3, 0.4) is 0 Å². The van der Waals surface area contributed by atoms with Gasteiger partial charge in [-0.1, -0.05) is 6.92 Å². The fraction of sp³-hybridized carbons (Fsp3) is 0.583. The Morgan fingerprint density at radius 3 is 2.24 bits per heavy atom. The first-order chi connectivity index (χ1) is 9.75. The van der Waals surface area contributed by atoms with Crippen LogP contribution < -0.4 is 4.72 Å². The molecule has 0 aliphatic rings. The van der Waals surface area contributed by atoms with E-state index in [9.17, 15) is 23.4 Å². The van der Waals surface area contributed by atoms with Crippen molar-refractivity contribution in [3.05, 3.63) is 18.0 Å². The lowest BCUT2D eigenvalue weighted by molar-refractivity contribution is 0.0685. The molecule has 0 aromatic carbocycles. The van der Waals surface area contributed by atoms with Gasteiger partial charge in [0.1, 0.15) is 10.6 Å². The van der Waals surface area contributed by atoms with Crippen LogP contribution in [0.1, 0.15) is 30.8 Å². The fourth-order valence-electron chi connectivity index (χ4n) is 1.83. The number of carbonyl (C=O) groups is 1. The van der Waals surface area contributed by atoms with E-state index in [0.717, 1.165) is 6.07 Å². The molecule has 0 unspecified atom stereocenters. The lowest BCUT2D eigenvalue weighted by Crippen LogP contribution is -2.53. The van der Waals surface area contributed by atoms with Gasteiger partial charge in [0.25, 0.3) is 0 Å². The maximum atomic E-state index is 12.3. The van der Waals surface area contributed by atoms with Gasteiger partial charge in [0.05, 0.1) is 18.8 Å². The van der Waals surface area contributed by atoms with E-state index in [4.69, 9.17) is 5.11 Å².